The second-order valence-electron chi connectivity index (χ2n) is 1.32. The van der Waals surface area contributed by atoms with Crippen LogP contribution >= 0.6 is 0 Å². The molecule has 0 fully saturated rings. The van der Waals surface area contributed by atoms with Gasteiger partial charge in [-0.05, 0) is 0 Å². The first-order chi connectivity index (χ1) is 5.12. The van der Waals surface area contributed by atoms with E-state index in [4.69, 9.17) is 12.3 Å². The van der Waals surface area contributed by atoms with Crippen molar-refractivity contribution in [2.75, 3.05) is 14.2 Å². The van der Waals surface area contributed by atoms with Gasteiger partial charge in [-0.2, -0.15) is 0 Å². The monoisotopic (exact) mass is 334 g/mol. The van der Waals surface area contributed by atoms with E-state index in [9.17, 15) is 11.6 Å². The summed E-state index contributed by atoms with van der Waals surface area (Å²) in [6.07, 6.45) is 0. The molecule has 0 saturated heterocycles. The first-order valence-electron chi connectivity index (χ1n) is 2.33. The van der Waals surface area contributed by atoms with E-state index in [-0.39, 0.29) is 29.6 Å². The molecule has 3 N–H and O–H groups in total. The van der Waals surface area contributed by atoms with E-state index in [1.807, 2.05) is 0 Å². The van der Waals surface area contributed by atoms with Gasteiger partial charge in [0.2, 0.25) is 0 Å². The first-order valence-corrected chi connectivity index (χ1v) is 8.68. The van der Waals surface area contributed by atoms with Gasteiger partial charge in [0, 0.05) is 0 Å². The van der Waals surface area contributed by atoms with Crippen LogP contribution in [0.1, 0.15) is 0 Å². The van der Waals surface area contributed by atoms with E-state index >= 15 is 0 Å². The van der Waals surface area contributed by atoms with Crippen LogP contribution < -0.4 is 33.7 Å². The molecule has 0 spiro atoms. The third-order valence-corrected chi connectivity index (χ3v) is 2.43. The van der Waals surface area contributed by atoms with E-state index in [2.05, 4.69) is 7.45 Å². The van der Waals surface area contributed by atoms with Crippen molar-refractivity contribution < 1.29 is 60.9 Å². The SMILES string of the molecule is CO[As](=O)(O)O.CO[As](=O)([O-])O.[Na+]. The summed E-state index contributed by atoms with van der Waals surface area (Å²) in [5, 5.41) is 0. The quantitative estimate of drug-likeness (QED) is 0.424. The topological polar surface area (TPSA) is 136 Å². The molecule has 8 nitrogen and oxygen atoms in total. The van der Waals surface area contributed by atoms with Gasteiger partial charge in [0.25, 0.3) is 0 Å². The third kappa shape index (κ3) is 31.8. The summed E-state index contributed by atoms with van der Waals surface area (Å²) in [5.41, 5.74) is 0. The first kappa shape index (κ1) is 20.0. The van der Waals surface area contributed by atoms with Gasteiger partial charge in [-0.1, -0.05) is 0 Å². The van der Waals surface area contributed by atoms with Crippen LogP contribution in [0.5, 0.6) is 0 Å². The number of rotatable bonds is 2. The van der Waals surface area contributed by atoms with Crippen LogP contribution in [0.25, 0.3) is 0 Å². The van der Waals surface area contributed by atoms with E-state index in [1.54, 1.807) is 0 Å². The Kier molecular flexibility index (Phi) is 13.4. The van der Waals surface area contributed by atoms with E-state index < -0.39 is 29.0 Å². The zero-order valence-electron chi connectivity index (χ0n) is 7.28. The number of hydrogen-bond acceptors (Lipinski definition) is 5. The van der Waals surface area contributed by atoms with E-state index in [0.29, 0.717) is 0 Å². The van der Waals surface area contributed by atoms with Crippen molar-refractivity contribution in [2.45, 2.75) is 0 Å². The van der Waals surface area contributed by atoms with Crippen LogP contribution in [0.2, 0.25) is 0 Å². The Bertz CT molecular complexity index is 170. The molecule has 1 unspecified atom stereocenters. The van der Waals surface area contributed by atoms with Crippen LogP contribution in [0, 0.1) is 0 Å². The fraction of sp³-hybridized carbons (Fsp3) is 1.00. The minimum atomic E-state index is -4.91. The molecular formula is C2H9As2NaO8. The van der Waals surface area contributed by atoms with Crippen LogP contribution in [-0.4, -0.2) is 55.5 Å². The molecular weight excluding hydrogens is 325 g/mol. The Morgan fingerprint density at radius 3 is 1.23 bits per heavy atom. The fourth-order valence-corrected chi connectivity index (χ4v) is 0. The molecule has 76 valence electrons. The summed E-state index contributed by atoms with van der Waals surface area (Å²) >= 11 is -9.57. The van der Waals surface area contributed by atoms with Crippen molar-refractivity contribution >= 4 is 29.0 Å². The molecule has 0 saturated carbocycles. The Morgan fingerprint density at radius 1 is 1.08 bits per heavy atom. The summed E-state index contributed by atoms with van der Waals surface area (Å²) < 4.78 is 58.8. The molecule has 0 aliphatic carbocycles. The van der Waals surface area contributed by atoms with Crippen LogP contribution in [0.3, 0.4) is 0 Å². The van der Waals surface area contributed by atoms with Crippen LogP contribution in [0.15, 0.2) is 0 Å². The predicted octanol–water partition coefficient (Wildman–Crippen LogP) is -6.66. The summed E-state index contributed by atoms with van der Waals surface area (Å²) in [5.74, 6) is 0. The van der Waals surface area contributed by atoms with Gasteiger partial charge in [-0.25, -0.2) is 0 Å². The molecule has 0 aromatic carbocycles. The number of hydrogen-bond donors (Lipinski definition) is 3. The second-order valence-corrected chi connectivity index (χ2v) is 6.88. The summed E-state index contributed by atoms with van der Waals surface area (Å²) in [7, 11) is 1.88. The van der Waals surface area contributed by atoms with Gasteiger partial charge in [-0.15, -0.1) is 0 Å². The van der Waals surface area contributed by atoms with Gasteiger partial charge in [0.15, 0.2) is 0 Å². The van der Waals surface area contributed by atoms with Gasteiger partial charge in [0.05, 0.1) is 0 Å². The minimum Gasteiger partial charge on any atom is 1.00 e. The van der Waals surface area contributed by atoms with E-state index in [0.717, 1.165) is 14.2 Å². The van der Waals surface area contributed by atoms with Crippen molar-refractivity contribution in [3.05, 3.63) is 0 Å². The normalized spacial score (nSPS) is 14.6. The zero-order valence-corrected chi connectivity index (χ0v) is 13.0. The van der Waals surface area contributed by atoms with Crippen molar-refractivity contribution in [1.82, 2.24) is 0 Å². The summed E-state index contributed by atoms with van der Waals surface area (Å²) in [4.78, 5) is 0. The third-order valence-electron chi connectivity index (χ3n) is 0.469. The second kappa shape index (κ2) is 8.76. The molecule has 13 heavy (non-hydrogen) atoms. The van der Waals surface area contributed by atoms with Gasteiger partial charge < -0.3 is 0 Å². The molecule has 11 heteroatoms. The van der Waals surface area contributed by atoms with E-state index in [1.165, 1.54) is 0 Å². The van der Waals surface area contributed by atoms with Gasteiger partial charge >= 0.3 is 104 Å². The van der Waals surface area contributed by atoms with Crippen LogP contribution in [-0.2, 0) is 14.9 Å². The maximum atomic E-state index is 9.53. The molecule has 0 radical (unpaired) electrons. The van der Waals surface area contributed by atoms with Crippen molar-refractivity contribution in [1.29, 1.82) is 0 Å². The smallest absolute Gasteiger partial charge is 1.00 e. The van der Waals surface area contributed by atoms with Crippen molar-refractivity contribution in [3.63, 3.8) is 0 Å². The molecule has 0 aromatic heterocycles. The Labute approximate surface area is 103 Å². The molecule has 0 heterocycles. The molecule has 0 aliphatic rings. The van der Waals surface area contributed by atoms with Crippen LogP contribution in [0.4, 0.5) is 0 Å². The summed E-state index contributed by atoms with van der Waals surface area (Å²) in [6.45, 7) is 0. The van der Waals surface area contributed by atoms with Crippen molar-refractivity contribution in [3.8, 4) is 0 Å². The minimum absolute atomic E-state index is 0. The Balaban J connectivity index is -0.000000143. The van der Waals surface area contributed by atoms with Gasteiger partial charge in [0.1, 0.15) is 0 Å². The molecule has 0 aromatic rings. The maximum absolute atomic E-state index is 9.53. The van der Waals surface area contributed by atoms with Gasteiger partial charge in [-0.3, -0.25) is 0 Å². The fourth-order valence-electron chi connectivity index (χ4n) is 0. The average Bonchev–Trinajstić information content (AvgIpc) is 1.86. The van der Waals surface area contributed by atoms with Crippen molar-refractivity contribution in [2.24, 2.45) is 0 Å². The zero-order chi connectivity index (χ0) is 10.4. The molecule has 0 rings (SSSR count). The summed E-state index contributed by atoms with van der Waals surface area (Å²) in [6, 6.07) is 0. The predicted molar refractivity (Wildman–Crippen MR) is 33.6 cm³/mol. The standard InChI is InChI=1S/2CH5AsO4.Na/c2*1-6-2(3,4)5;/h2*1H3,(H2,3,4,5);/q;;+1/p-1. The molecule has 0 aliphatic heterocycles. The molecule has 1 atom stereocenters. The maximum Gasteiger partial charge on any atom is 1.00 e. The Hall–Kier alpha value is 1.48. The Morgan fingerprint density at radius 2 is 1.23 bits per heavy atom. The molecule has 0 bridgehead atoms. The molecule has 0 amide bonds. The largest absolute Gasteiger partial charge is 1.00 e. The average molecular weight is 334 g/mol.